The Bertz CT molecular complexity index is 1460. The molecule has 3 aromatic rings. The van der Waals surface area contributed by atoms with Gasteiger partial charge in [-0.05, 0) is 82.2 Å². The standard InChI is InChI=1S/C18H24N2O3S.C9H12N2O.C8H14F2/c1-5-6-14(21)16-15(23-4)8-7-13-17(16)24-18(19-13)20-11(2)9-12(20)10-22-3;1-7-6-11-5-3-8(7)9(12)2-4-10;1-7(2)4-6(5-7)8(3,9)10/h7-8,11-12H,5-6,9-10H2,1-4H3;3,5-6H,2,4,10H2,1H3;6H,4-5H2,1-3H3. The lowest BCUT2D eigenvalue weighted by Gasteiger charge is -2.46. The Morgan fingerprint density at radius 1 is 1.15 bits per heavy atom. The van der Waals surface area contributed by atoms with Gasteiger partial charge in [-0.3, -0.25) is 14.6 Å². The van der Waals surface area contributed by atoms with E-state index in [4.69, 9.17) is 20.2 Å². The van der Waals surface area contributed by atoms with Crippen molar-refractivity contribution in [1.82, 2.24) is 9.97 Å². The van der Waals surface area contributed by atoms with E-state index in [0.29, 0.717) is 62.2 Å². The Kier molecular flexibility index (Phi) is 13.2. The van der Waals surface area contributed by atoms with Gasteiger partial charge in [0, 0.05) is 49.9 Å². The number of methoxy groups -OCH3 is 2. The van der Waals surface area contributed by atoms with Crippen molar-refractivity contribution >= 4 is 38.3 Å². The highest BCUT2D eigenvalue weighted by atomic mass is 32.1. The molecule has 1 saturated heterocycles. The highest BCUT2D eigenvalue weighted by molar-refractivity contribution is 7.22. The molecule has 1 aliphatic carbocycles. The number of halogens is 2. The highest BCUT2D eigenvalue weighted by Gasteiger charge is 2.47. The number of rotatable bonds is 11. The fraction of sp³-hybridized carbons (Fsp3) is 0.600. The Morgan fingerprint density at radius 3 is 2.35 bits per heavy atom. The number of carbonyl (C=O) groups excluding carboxylic acids is 2. The van der Waals surface area contributed by atoms with Crippen molar-refractivity contribution < 1.29 is 27.8 Å². The molecule has 0 bridgehead atoms. The summed E-state index contributed by atoms with van der Waals surface area (Å²) in [6.07, 6.45) is 7.52. The van der Waals surface area contributed by atoms with E-state index in [9.17, 15) is 18.4 Å². The normalized spacial score (nSPS) is 18.8. The van der Waals surface area contributed by atoms with Crippen molar-refractivity contribution in [2.24, 2.45) is 17.1 Å². The van der Waals surface area contributed by atoms with Crippen LogP contribution >= 0.6 is 11.3 Å². The first-order valence-corrected chi connectivity index (χ1v) is 16.8. The van der Waals surface area contributed by atoms with Gasteiger partial charge in [-0.1, -0.05) is 32.1 Å². The predicted molar refractivity (Wildman–Crippen MR) is 182 cm³/mol. The van der Waals surface area contributed by atoms with Gasteiger partial charge in [-0.15, -0.1) is 0 Å². The van der Waals surface area contributed by atoms with Crippen molar-refractivity contribution in [2.75, 3.05) is 32.3 Å². The number of ketones is 2. The summed E-state index contributed by atoms with van der Waals surface area (Å²) in [5.41, 5.74) is 8.64. The second kappa shape index (κ2) is 16.2. The predicted octanol–water partition coefficient (Wildman–Crippen LogP) is 7.90. The number of benzene rings is 1. The van der Waals surface area contributed by atoms with Crippen LogP contribution in [0.25, 0.3) is 10.2 Å². The Labute approximate surface area is 276 Å². The molecule has 1 aliphatic heterocycles. The zero-order valence-electron chi connectivity index (χ0n) is 28.5. The number of aryl methyl sites for hydroxylation is 1. The number of anilines is 1. The number of carbonyl (C=O) groups is 2. The number of pyridine rings is 1. The first-order valence-electron chi connectivity index (χ1n) is 16.0. The second-order valence-corrected chi connectivity index (χ2v) is 14.1. The van der Waals surface area contributed by atoms with Gasteiger partial charge in [-0.25, -0.2) is 13.8 Å². The minimum Gasteiger partial charge on any atom is -0.496 e. The molecule has 0 radical (unpaired) electrons. The second-order valence-electron chi connectivity index (χ2n) is 13.1. The van der Waals surface area contributed by atoms with Crippen LogP contribution in [0.1, 0.15) is 99.4 Å². The smallest absolute Gasteiger partial charge is 0.248 e. The van der Waals surface area contributed by atoms with Crippen LogP contribution in [0.4, 0.5) is 13.9 Å². The minimum absolute atomic E-state index is 0.0948. The maximum atomic E-state index is 12.6. The third kappa shape index (κ3) is 9.29. The number of Topliss-reactive ketones (excluding diaryl/α,β-unsaturated/α-hetero) is 2. The molecule has 1 saturated carbocycles. The lowest BCUT2D eigenvalue weighted by Crippen LogP contribution is -2.56. The minimum atomic E-state index is -2.45. The zero-order valence-corrected chi connectivity index (χ0v) is 29.3. The number of hydrogen-bond donors (Lipinski definition) is 1. The van der Waals surface area contributed by atoms with Crippen LogP contribution in [0.2, 0.25) is 0 Å². The first kappa shape index (κ1) is 37.4. The van der Waals surface area contributed by atoms with Crippen molar-refractivity contribution in [3.05, 3.63) is 47.3 Å². The van der Waals surface area contributed by atoms with Gasteiger partial charge in [-0.2, -0.15) is 0 Å². The summed E-state index contributed by atoms with van der Waals surface area (Å²) in [5.74, 6) is -1.95. The lowest BCUT2D eigenvalue weighted by molar-refractivity contribution is -0.113. The van der Waals surface area contributed by atoms with Crippen LogP contribution in [0.5, 0.6) is 5.75 Å². The number of fused-ring (bicyclic) bond motifs is 1. The Morgan fingerprint density at radius 2 is 1.85 bits per heavy atom. The van der Waals surface area contributed by atoms with E-state index in [1.807, 2.05) is 39.8 Å². The average Bonchev–Trinajstić information content (AvgIpc) is 3.38. The van der Waals surface area contributed by atoms with E-state index >= 15 is 0 Å². The van der Waals surface area contributed by atoms with Gasteiger partial charge in [0.1, 0.15) is 5.75 Å². The number of aromatic nitrogens is 2. The van der Waals surface area contributed by atoms with E-state index in [0.717, 1.165) is 46.2 Å². The number of alkyl halides is 2. The van der Waals surface area contributed by atoms with Crippen molar-refractivity contribution in [3.8, 4) is 5.75 Å². The number of nitrogens with two attached hydrogens (primary N) is 1. The summed E-state index contributed by atoms with van der Waals surface area (Å²) in [4.78, 5) is 34.9. The zero-order chi connectivity index (χ0) is 34.2. The van der Waals surface area contributed by atoms with Gasteiger partial charge < -0.3 is 20.1 Å². The molecule has 11 heteroatoms. The van der Waals surface area contributed by atoms with Crippen LogP contribution in [0, 0.1) is 18.3 Å². The van der Waals surface area contributed by atoms with E-state index in [2.05, 4.69) is 16.8 Å². The van der Waals surface area contributed by atoms with Crippen LogP contribution in [0.3, 0.4) is 0 Å². The molecule has 5 rings (SSSR count). The third-order valence-corrected chi connectivity index (χ3v) is 9.65. The molecule has 46 heavy (non-hydrogen) atoms. The molecule has 254 valence electrons. The molecule has 2 aliphatic rings. The summed E-state index contributed by atoms with van der Waals surface area (Å²) in [5, 5.41) is 0.963. The first-order chi connectivity index (χ1) is 21.7. The van der Waals surface area contributed by atoms with Crippen molar-refractivity contribution in [3.63, 3.8) is 0 Å². The maximum Gasteiger partial charge on any atom is 0.248 e. The lowest BCUT2D eigenvalue weighted by atomic mass is 9.62. The largest absolute Gasteiger partial charge is 0.496 e. The SMILES string of the molecule is CC1(C)CC(C(C)(F)F)C1.CCCC(=O)c1c(OC)ccc2nc(N3C(C)CC3COC)sc12.Cc1cnccc1C(=O)CCN. The maximum absolute atomic E-state index is 12.6. The molecule has 2 fully saturated rings. The van der Waals surface area contributed by atoms with E-state index in [-0.39, 0.29) is 22.9 Å². The topological polar surface area (TPSA) is 108 Å². The molecule has 2 N–H and O–H groups in total. The summed E-state index contributed by atoms with van der Waals surface area (Å²) in [6, 6.07) is 6.32. The number of nitrogens with zero attached hydrogens (tertiary/aromatic N) is 3. The molecule has 2 unspecified atom stereocenters. The van der Waals surface area contributed by atoms with E-state index < -0.39 is 5.92 Å². The molecule has 0 amide bonds. The number of thiazole rings is 1. The van der Waals surface area contributed by atoms with Crippen molar-refractivity contribution in [1.29, 1.82) is 0 Å². The van der Waals surface area contributed by atoms with Gasteiger partial charge in [0.2, 0.25) is 5.92 Å². The molecule has 8 nitrogen and oxygen atoms in total. The molecule has 0 spiro atoms. The summed E-state index contributed by atoms with van der Waals surface area (Å²) < 4.78 is 36.7. The molecular weight excluding hydrogens is 610 g/mol. The highest BCUT2D eigenvalue weighted by Crippen LogP contribution is 2.51. The van der Waals surface area contributed by atoms with Gasteiger partial charge >= 0.3 is 0 Å². The average molecular weight is 661 g/mol. The fourth-order valence-corrected chi connectivity index (χ4v) is 7.37. The van der Waals surface area contributed by atoms with Gasteiger partial charge in [0.05, 0.1) is 35.5 Å². The Hall–Kier alpha value is -3.02. The molecule has 2 aromatic heterocycles. The monoisotopic (exact) mass is 660 g/mol. The van der Waals surface area contributed by atoms with E-state index in [1.165, 1.54) is 0 Å². The Balaban J connectivity index is 0.000000218. The summed E-state index contributed by atoms with van der Waals surface area (Å²) in [7, 11) is 3.34. The fourth-order valence-electron chi connectivity index (χ4n) is 6.07. The third-order valence-electron chi connectivity index (χ3n) is 8.55. The summed E-state index contributed by atoms with van der Waals surface area (Å²) in [6.45, 7) is 12.3. The number of hydrogen-bond acceptors (Lipinski definition) is 9. The summed E-state index contributed by atoms with van der Waals surface area (Å²) >= 11 is 1.58. The molecular formula is C35H50F2N4O4S. The number of ether oxygens (including phenoxy) is 2. The van der Waals surface area contributed by atoms with Crippen LogP contribution < -0.4 is 15.4 Å². The van der Waals surface area contributed by atoms with E-state index in [1.54, 1.807) is 44.0 Å². The van der Waals surface area contributed by atoms with Gasteiger partial charge in [0.15, 0.2) is 16.7 Å². The van der Waals surface area contributed by atoms with Crippen LogP contribution in [-0.4, -0.2) is 66.9 Å². The molecule has 1 aromatic carbocycles. The molecule has 3 heterocycles. The van der Waals surface area contributed by atoms with Crippen LogP contribution in [-0.2, 0) is 4.74 Å². The quantitative estimate of drug-likeness (QED) is 0.207. The van der Waals surface area contributed by atoms with Crippen LogP contribution in [0.15, 0.2) is 30.6 Å². The van der Waals surface area contributed by atoms with Gasteiger partial charge in [0.25, 0.3) is 0 Å². The molecule has 2 atom stereocenters. The van der Waals surface area contributed by atoms with Crippen molar-refractivity contribution in [2.45, 2.75) is 98.1 Å².